The number of para-hydroxylation sites is 1. The first-order valence-corrected chi connectivity index (χ1v) is 8.75. The molecule has 4 nitrogen and oxygen atoms in total. The van der Waals surface area contributed by atoms with Gasteiger partial charge in [-0.3, -0.25) is 4.98 Å². The van der Waals surface area contributed by atoms with Crippen LogP contribution in [-0.4, -0.2) is 21.3 Å². The fourth-order valence-electron chi connectivity index (χ4n) is 3.07. The Balaban J connectivity index is 1.94. The van der Waals surface area contributed by atoms with Crippen molar-refractivity contribution in [3.8, 4) is 16.9 Å². The Morgan fingerprint density at radius 3 is 2.88 bits per heavy atom. The molecular weight excluding hydrogens is 371 g/mol. The molecule has 0 unspecified atom stereocenters. The van der Waals surface area contributed by atoms with Crippen molar-refractivity contribution in [2.75, 3.05) is 11.9 Å². The van der Waals surface area contributed by atoms with Crippen molar-refractivity contribution in [3.63, 3.8) is 0 Å². The van der Waals surface area contributed by atoms with Crippen LogP contribution in [0, 0.1) is 5.82 Å². The van der Waals surface area contributed by atoms with Crippen LogP contribution < -0.4 is 5.32 Å². The minimum atomic E-state index is -0.284. The molecular formula is C18H16BrFN4. The second kappa shape index (κ2) is 6.36. The molecule has 4 rings (SSSR count). The highest BCUT2D eigenvalue weighted by molar-refractivity contribution is 9.10. The van der Waals surface area contributed by atoms with Crippen molar-refractivity contribution in [2.24, 2.45) is 0 Å². The van der Waals surface area contributed by atoms with E-state index < -0.39 is 0 Å². The van der Waals surface area contributed by atoms with Crippen LogP contribution in [0.3, 0.4) is 0 Å². The molecule has 1 aliphatic heterocycles. The number of rotatable bonds is 2. The van der Waals surface area contributed by atoms with E-state index in [4.69, 9.17) is 5.10 Å². The summed E-state index contributed by atoms with van der Waals surface area (Å²) in [6.45, 7) is 0.864. The second-order valence-electron chi connectivity index (χ2n) is 5.81. The van der Waals surface area contributed by atoms with E-state index in [0.717, 1.165) is 52.9 Å². The van der Waals surface area contributed by atoms with Crippen molar-refractivity contribution in [1.82, 2.24) is 14.8 Å². The van der Waals surface area contributed by atoms with Gasteiger partial charge in [-0.15, -0.1) is 0 Å². The molecule has 0 bridgehead atoms. The van der Waals surface area contributed by atoms with E-state index >= 15 is 0 Å². The lowest BCUT2D eigenvalue weighted by Gasteiger charge is -2.09. The fraction of sp³-hybridized carbons (Fsp3) is 0.222. The Kier molecular flexibility index (Phi) is 4.06. The smallest absolute Gasteiger partial charge is 0.148 e. The quantitative estimate of drug-likeness (QED) is 0.700. The predicted molar refractivity (Wildman–Crippen MR) is 95.9 cm³/mol. The normalized spacial score (nSPS) is 13.9. The number of pyridine rings is 1. The standard InChI is InChI=1S/C18H16BrFN4/c19-13-9-12(10-21-11-13)17-14-5-3-4-8-22-18(14)24(23-17)16-7-2-1-6-15(16)20/h1-2,6-7,9-11,22H,3-5,8H2. The molecule has 0 radical (unpaired) electrons. The Hall–Kier alpha value is -2.21. The SMILES string of the molecule is Fc1ccccc1-n1nc(-c2cncc(Br)c2)c2c1NCCCC2. The minimum Gasteiger partial charge on any atom is -0.370 e. The zero-order valence-electron chi connectivity index (χ0n) is 13.0. The Morgan fingerprint density at radius 2 is 2.04 bits per heavy atom. The van der Waals surface area contributed by atoms with Crippen LogP contribution in [0.1, 0.15) is 18.4 Å². The lowest BCUT2D eigenvalue weighted by atomic mass is 10.1. The summed E-state index contributed by atoms with van der Waals surface area (Å²) in [5, 5.41) is 8.16. The topological polar surface area (TPSA) is 42.7 Å². The number of fused-ring (bicyclic) bond motifs is 1. The number of aromatic nitrogens is 3. The first-order valence-electron chi connectivity index (χ1n) is 7.95. The Morgan fingerprint density at radius 1 is 1.17 bits per heavy atom. The summed E-state index contributed by atoms with van der Waals surface area (Å²) in [5.41, 5.74) is 3.36. The summed E-state index contributed by atoms with van der Waals surface area (Å²) in [4.78, 5) is 4.24. The van der Waals surface area contributed by atoms with Crippen LogP contribution in [0.4, 0.5) is 10.2 Å². The number of nitrogens with zero attached hydrogens (tertiary/aromatic N) is 3. The lowest BCUT2D eigenvalue weighted by Crippen LogP contribution is -2.08. The maximum atomic E-state index is 14.3. The number of benzene rings is 1. The third kappa shape index (κ3) is 2.71. The fourth-order valence-corrected chi connectivity index (χ4v) is 3.44. The van der Waals surface area contributed by atoms with Gasteiger partial charge in [0.25, 0.3) is 0 Å². The summed E-state index contributed by atoms with van der Waals surface area (Å²) >= 11 is 3.46. The first-order chi connectivity index (χ1) is 11.7. The van der Waals surface area contributed by atoms with Crippen LogP contribution in [0.15, 0.2) is 47.2 Å². The summed E-state index contributed by atoms with van der Waals surface area (Å²) in [6, 6.07) is 8.71. The van der Waals surface area contributed by atoms with Gasteiger partial charge in [0.1, 0.15) is 17.3 Å². The Labute approximate surface area is 147 Å². The summed E-state index contributed by atoms with van der Waals surface area (Å²) < 4.78 is 16.9. The van der Waals surface area contributed by atoms with Crippen LogP contribution in [-0.2, 0) is 6.42 Å². The monoisotopic (exact) mass is 386 g/mol. The van der Waals surface area contributed by atoms with E-state index in [1.165, 1.54) is 6.07 Å². The molecule has 0 saturated carbocycles. The van der Waals surface area contributed by atoms with Gasteiger partial charge in [0.2, 0.25) is 0 Å². The summed E-state index contributed by atoms with van der Waals surface area (Å²) in [6.07, 6.45) is 6.62. The van der Waals surface area contributed by atoms with Gasteiger partial charge in [-0.2, -0.15) is 5.10 Å². The van der Waals surface area contributed by atoms with Gasteiger partial charge in [0.05, 0.1) is 5.69 Å². The van der Waals surface area contributed by atoms with E-state index in [1.54, 1.807) is 29.2 Å². The molecule has 3 heterocycles. The van der Waals surface area contributed by atoms with E-state index in [-0.39, 0.29) is 5.82 Å². The van der Waals surface area contributed by atoms with Crippen molar-refractivity contribution >= 4 is 21.7 Å². The van der Waals surface area contributed by atoms with Crippen molar-refractivity contribution in [3.05, 3.63) is 58.6 Å². The maximum absolute atomic E-state index is 14.3. The molecule has 122 valence electrons. The molecule has 1 aliphatic rings. The second-order valence-corrected chi connectivity index (χ2v) is 6.73. The highest BCUT2D eigenvalue weighted by atomic mass is 79.9. The van der Waals surface area contributed by atoms with Crippen LogP contribution in [0.2, 0.25) is 0 Å². The minimum absolute atomic E-state index is 0.284. The molecule has 0 spiro atoms. The molecule has 0 fully saturated rings. The summed E-state index contributed by atoms with van der Waals surface area (Å²) in [5.74, 6) is 0.598. The lowest BCUT2D eigenvalue weighted by molar-refractivity contribution is 0.611. The molecule has 1 aromatic carbocycles. The molecule has 6 heteroatoms. The largest absolute Gasteiger partial charge is 0.370 e. The zero-order chi connectivity index (χ0) is 16.5. The van der Waals surface area contributed by atoms with Gasteiger partial charge in [-0.05, 0) is 53.4 Å². The number of halogens is 2. The highest BCUT2D eigenvalue weighted by Crippen LogP contribution is 2.34. The molecule has 2 aromatic heterocycles. The van der Waals surface area contributed by atoms with Crippen LogP contribution in [0.5, 0.6) is 0 Å². The average molecular weight is 387 g/mol. The van der Waals surface area contributed by atoms with Crippen molar-refractivity contribution in [1.29, 1.82) is 0 Å². The van der Waals surface area contributed by atoms with Gasteiger partial charge < -0.3 is 5.32 Å². The molecule has 1 N–H and O–H groups in total. The molecule has 0 amide bonds. The molecule has 0 atom stereocenters. The van der Waals surface area contributed by atoms with Gasteiger partial charge in [0, 0.05) is 34.5 Å². The molecule has 0 aliphatic carbocycles. The van der Waals surface area contributed by atoms with E-state index in [0.29, 0.717) is 5.69 Å². The van der Waals surface area contributed by atoms with Gasteiger partial charge >= 0.3 is 0 Å². The number of hydrogen-bond donors (Lipinski definition) is 1. The van der Waals surface area contributed by atoms with Gasteiger partial charge in [-0.25, -0.2) is 9.07 Å². The molecule has 24 heavy (non-hydrogen) atoms. The predicted octanol–water partition coefficient (Wildman–Crippen LogP) is 4.58. The van der Waals surface area contributed by atoms with E-state index in [1.807, 2.05) is 12.1 Å². The van der Waals surface area contributed by atoms with Crippen molar-refractivity contribution < 1.29 is 4.39 Å². The third-order valence-electron chi connectivity index (χ3n) is 4.19. The third-order valence-corrected chi connectivity index (χ3v) is 4.62. The van der Waals surface area contributed by atoms with E-state index in [9.17, 15) is 4.39 Å². The van der Waals surface area contributed by atoms with Gasteiger partial charge in [0.15, 0.2) is 0 Å². The summed E-state index contributed by atoms with van der Waals surface area (Å²) in [7, 11) is 0. The number of hydrogen-bond acceptors (Lipinski definition) is 3. The maximum Gasteiger partial charge on any atom is 0.148 e. The number of nitrogens with one attached hydrogen (secondary N) is 1. The van der Waals surface area contributed by atoms with Crippen molar-refractivity contribution in [2.45, 2.75) is 19.3 Å². The number of anilines is 1. The molecule has 0 saturated heterocycles. The first kappa shape index (κ1) is 15.3. The van der Waals surface area contributed by atoms with Crippen LogP contribution >= 0.6 is 15.9 Å². The zero-order valence-corrected chi connectivity index (χ0v) is 14.6. The van der Waals surface area contributed by atoms with Gasteiger partial charge in [-0.1, -0.05) is 12.1 Å². The Bertz CT molecular complexity index is 890. The highest BCUT2D eigenvalue weighted by Gasteiger charge is 2.23. The molecule has 3 aromatic rings. The van der Waals surface area contributed by atoms with Crippen LogP contribution in [0.25, 0.3) is 16.9 Å². The van der Waals surface area contributed by atoms with E-state index in [2.05, 4.69) is 26.2 Å². The average Bonchev–Trinajstić information content (AvgIpc) is 2.77.